The van der Waals surface area contributed by atoms with Gasteiger partial charge in [0.2, 0.25) is 0 Å². The number of ether oxygens (including phenoxy) is 1. The summed E-state index contributed by atoms with van der Waals surface area (Å²) in [6.45, 7) is 0. The van der Waals surface area contributed by atoms with Gasteiger partial charge in [-0.2, -0.15) is 0 Å². The van der Waals surface area contributed by atoms with Crippen molar-refractivity contribution in [1.29, 1.82) is 0 Å². The van der Waals surface area contributed by atoms with Gasteiger partial charge in [-0.25, -0.2) is 8.42 Å². The van der Waals surface area contributed by atoms with E-state index in [2.05, 4.69) is 5.32 Å². The molecular formula is C12H17NO3S. The second-order valence-corrected chi connectivity index (χ2v) is 6.46. The monoisotopic (exact) mass is 255 g/mol. The average Bonchev–Trinajstić information content (AvgIpc) is 2.22. The summed E-state index contributed by atoms with van der Waals surface area (Å²) in [5.74, 6) is 0.632. The van der Waals surface area contributed by atoms with Gasteiger partial charge in [-0.3, -0.25) is 0 Å². The van der Waals surface area contributed by atoms with Gasteiger partial charge >= 0.3 is 0 Å². The Morgan fingerprint density at radius 1 is 1.35 bits per heavy atom. The zero-order chi connectivity index (χ0) is 12.5. The minimum atomic E-state index is -3.16. The largest absolute Gasteiger partial charge is 0.490 e. The first kappa shape index (κ1) is 12.4. The average molecular weight is 255 g/mol. The number of sulfone groups is 1. The Balaban J connectivity index is 2.03. The van der Waals surface area contributed by atoms with Gasteiger partial charge in [-0.15, -0.1) is 0 Å². The summed E-state index contributed by atoms with van der Waals surface area (Å²) in [5, 5.41) is 3.18. The van der Waals surface area contributed by atoms with Gasteiger partial charge in [0.15, 0.2) is 9.84 Å². The maximum atomic E-state index is 11.4. The third-order valence-electron chi connectivity index (χ3n) is 3.04. The van der Waals surface area contributed by atoms with Crippen LogP contribution in [0.2, 0.25) is 0 Å². The van der Waals surface area contributed by atoms with Gasteiger partial charge in [0.25, 0.3) is 0 Å². The Labute approximate surface area is 102 Å². The molecule has 94 valence electrons. The van der Waals surface area contributed by atoms with E-state index in [0.717, 1.165) is 12.8 Å². The van der Waals surface area contributed by atoms with Gasteiger partial charge < -0.3 is 10.1 Å². The maximum absolute atomic E-state index is 11.4. The second kappa shape index (κ2) is 4.66. The molecule has 5 heteroatoms. The summed E-state index contributed by atoms with van der Waals surface area (Å²) in [6, 6.07) is 7.20. The third kappa shape index (κ3) is 2.98. The molecule has 0 saturated heterocycles. The lowest BCUT2D eigenvalue weighted by Gasteiger charge is -2.35. The van der Waals surface area contributed by atoms with Crippen molar-refractivity contribution >= 4 is 9.84 Å². The van der Waals surface area contributed by atoms with E-state index < -0.39 is 9.84 Å². The molecule has 0 spiro atoms. The maximum Gasteiger partial charge on any atom is 0.175 e. The molecule has 2 rings (SSSR count). The number of hydrogen-bond acceptors (Lipinski definition) is 4. The molecule has 1 aliphatic rings. The predicted molar refractivity (Wildman–Crippen MR) is 66.0 cm³/mol. The highest BCUT2D eigenvalue weighted by atomic mass is 32.2. The first-order valence-corrected chi connectivity index (χ1v) is 7.52. The molecule has 0 aliphatic heterocycles. The minimum Gasteiger partial charge on any atom is -0.490 e. The molecule has 0 unspecified atom stereocenters. The first-order valence-electron chi connectivity index (χ1n) is 5.63. The van der Waals surface area contributed by atoms with Crippen LogP contribution in [0.4, 0.5) is 0 Å². The lowest BCUT2D eigenvalue weighted by atomic mass is 9.89. The van der Waals surface area contributed by atoms with Crippen molar-refractivity contribution in [3.8, 4) is 5.75 Å². The molecule has 0 radical (unpaired) electrons. The summed E-state index contributed by atoms with van der Waals surface area (Å²) < 4.78 is 28.5. The molecule has 0 bridgehead atoms. The van der Waals surface area contributed by atoms with Gasteiger partial charge in [0.1, 0.15) is 11.9 Å². The lowest BCUT2D eigenvalue weighted by Crippen LogP contribution is -2.45. The van der Waals surface area contributed by atoms with Crippen molar-refractivity contribution in [2.75, 3.05) is 13.3 Å². The van der Waals surface area contributed by atoms with E-state index in [0.29, 0.717) is 16.7 Å². The topological polar surface area (TPSA) is 55.4 Å². The Kier molecular flexibility index (Phi) is 3.40. The second-order valence-electron chi connectivity index (χ2n) is 4.44. The standard InChI is InChI=1S/C12H17NO3S/c1-13-9-6-11(7-9)16-10-4-3-5-12(8-10)17(2,14)15/h3-5,8-9,11,13H,6-7H2,1-2H3. The highest BCUT2D eigenvalue weighted by Gasteiger charge is 2.29. The Hall–Kier alpha value is -1.07. The summed E-state index contributed by atoms with van der Waals surface area (Å²) in [5.41, 5.74) is 0. The van der Waals surface area contributed by atoms with Crippen molar-refractivity contribution < 1.29 is 13.2 Å². The third-order valence-corrected chi connectivity index (χ3v) is 4.15. The molecule has 1 aliphatic carbocycles. The fourth-order valence-corrected chi connectivity index (χ4v) is 2.52. The van der Waals surface area contributed by atoms with Crippen LogP contribution in [0.15, 0.2) is 29.2 Å². The van der Waals surface area contributed by atoms with Crippen LogP contribution in [0.3, 0.4) is 0 Å². The molecule has 1 N–H and O–H groups in total. The zero-order valence-electron chi connectivity index (χ0n) is 10.0. The van der Waals surface area contributed by atoms with Crippen LogP contribution >= 0.6 is 0 Å². The quantitative estimate of drug-likeness (QED) is 0.879. The van der Waals surface area contributed by atoms with E-state index >= 15 is 0 Å². The Morgan fingerprint density at radius 2 is 2.06 bits per heavy atom. The van der Waals surface area contributed by atoms with Gasteiger partial charge in [-0.05, 0) is 38.1 Å². The van der Waals surface area contributed by atoms with Crippen molar-refractivity contribution in [1.82, 2.24) is 5.32 Å². The molecule has 0 atom stereocenters. The zero-order valence-corrected chi connectivity index (χ0v) is 10.8. The van der Waals surface area contributed by atoms with Gasteiger partial charge in [0.05, 0.1) is 4.90 Å². The van der Waals surface area contributed by atoms with Crippen molar-refractivity contribution in [2.24, 2.45) is 0 Å². The summed E-state index contributed by atoms with van der Waals surface area (Å²) >= 11 is 0. The number of nitrogens with one attached hydrogen (secondary N) is 1. The van der Waals surface area contributed by atoms with Crippen molar-refractivity contribution in [3.63, 3.8) is 0 Å². The number of rotatable bonds is 4. The SMILES string of the molecule is CNC1CC(Oc2cccc(S(C)(=O)=O)c2)C1. The molecule has 1 aromatic carbocycles. The normalized spacial score (nSPS) is 24.1. The molecular weight excluding hydrogens is 238 g/mol. The van der Waals surface area contributed by atoms with Crippen molar-refractivity contribution in [3.05, 3.63) is 24.3 Å². The molecule has 1 fully saturated rings. The molecule has 0 heterocycles. The smallest absolute Gasteiger partial charge is 0.175 e. The molecule has 1 saturated carbocycles. The van der Waals surface area contributed by atoms with Crippen LogP contribution in [0.25, 0.3) is 0 Å². The Bertz CT molecular complexity index is 492. The number of hydrogen-bond donors (Lipinski definition) is 1. The van der Waals surface area contributed by atoms with Gasteiger partial charge in [0, 0.05) is 12.3 Å². The van der Waals surface area contributed by atoms with Gasteiger partial charge in [-0.1, -0.05) is 6.07 Å². The highest BCUT2D eigenvalue weighted by Crippen LogP contribution is 2.26. The lowest BCUT2D eigenvalue weighted by molar-refractivity contribution is 0.0882. The fraction of sp³-hybridized carbons (Fsp3) is 0.500. The molecule has 0 amide bonds. The van der Waals surface area contributed by atoms with Crippen LogP contribution < -0.4 is 10.1 Å². The molecule has 17 heavy (non-hydrogen) atoms. The van der Waals surface area contributed by atoms with Crippen LogP contribution in [0.1, 0.15) is 12.8 Å². The summed E-state index contributed by atoms with van der Waals surface area (Å²) in [7, 11) is -1.22. The van der Waals surface area contributed by atoms with Crippen LogP contribution in [-0.2, 0) is 9.84 Å². The van der Waals surface area contributed by atoms with E-state index in [-0.39, 0.29) is 6.10 Å². The van der Waals surface area contributed by atoms with E-state index in [9.17, 15) is 8.42 Å². The Morgan fingerprint density at radius 3 is 2.65 bits per heavy atom. The minimum absolute atomic E-state index is 0.197. The highest BCUT2D eigenvalue weighted by molar-refractivity contribution is 7.90. The van der Waals surface area contributed by atoms with Crippen LogP contribution in [-0.4, -0.2) is 33.9 Å². The van der Waals surface area contributed by atoms with E-state index in [1.165, 1.54) is 6.26 Å². The fourth-order valence-electron chi connectivity index (χ4n) is 1.87. The molecule has 0 aromatic heterocycles. The molecule has 1 aromatic rings. The van der Waals surface area contributed by atoms with Crippen LogP contribution in [0.5, 0.6) is 5.75 Å². The van der Waals surface area contributed by atoms with E-state index in [1.54, 1.807) is 24.3 Å². The van der Waals surface area contributed by atoms with Crippen molar-refractivity contribution in [2.45, 2.75) is 29.9 Å². The summed E-state index contributed by atoms with van der Waals surface area (Å²) in [6.07, 6.45) is 3.34. The van der Waals surface area contributed by atoms with E-state index in [4.69, 9.17) is 4.74 Å². The van der Waals surface area contributed by atoms with Crippen LogP contribution in [0, 0.1) is 0 Å². The first-order chi connectivity index (χ1) is 7.99. The summed E-state index contributed by atoms with van der Waals surface area (Å²) in [4.78, 5) is 0.305. The molecule has 4 nitrogen and oxygen atoms in total. The predicted octanol–water partition coefficient (Wildman–Crippen LogP) is 1.22. The van der Waals surface area contributed by atoms with E-state index in [1.807, 2.05) is 7.05 Å². The number of benzene rings is 1.